The molecule has 3 rings (SSSR count). The molecule has 0 unspecified atom stereocenters. The number of halogens is 3. The van der Waals surface area contributed by atoms with Crippen LogP contribution in [-0.4, -0.2) is 41.5 Å². The van der Waals surface area contributed by atoms with Crippen LogP contribution in [0.4, 0.5) is 13.2 Å². The first kappa shape index (κ1) is 18.2. The number of rotatable bonds is 3. The quantitative estimate of drug-likeness (QED) is 0.907. The van der Waals surface area contributed by atoms with Gasteiger partial charge in [0.05, 0.1) is 5.56 Å². The zero-order valence-corrected chi connectivity index (χ0v) is 14.1. The van der Waals surface area contributed by atoms with Crippen molar-refractivity contribution in [2.24, 2.45) is 0 Å². The molecule has 1 aromatic heterocycles. The van der Waals surface area contributed by atoms with Crippen molar-refractivity contribution in [1.82, 2.24) is 15.2 Å². The van der Waals surface area contributed by atoms with Crippen LogP contribution in [0.25, 0.3) is 0 Å². The molecule has 0 bridgehead atoms. The highest BCUT2D eigenvalue weighted by molar-refractivity contribution is 5.94. The maximum absolute atomic E-state index is 12.5. The van der Waals surface area contributed by atoms with Gasteiger partial charge in [0, 0.05) is 43.5 Å². The van der Waals surface area contributed by atoms with E-state index in [0.717, 1.165) is 31.4 Å². The molecule has 0 spiro atoms. The Morgan fingerprint density at radius 3 is 2.54 bits per heavy atom. The first-order valence-corrected chi connectivity index (χ1v) is 8.17. The lowest BCUT2D eigenvalue weighted by atomic mass is 10.1. The van der Waals surface area contributed by atoms with Gasteiger partial charge in [0.15, 0.2) is 0 Å². The fourth-order valence-electron chi connectivity index (χ4n) is 2.70. The number of nitrogens with zero attached hydrogens (tertiary/aromatic N) is 2. The summed E-state index contributed by atoms with van der Waals surface area (Å²) in [7, 11) is 0. The molecule has 0 radical (unpaired) electrons. The van der Waals surface area contributed by atoms with Gasteiger partial charge < -0.3 is 15.0 Å². The first-order valence-electron chi connectivity index (χ1n) is 8.17. The van der Waals surface area contributed by atoms with Gasteiger partial charge in [-0.3, -0.25) is 4.79 Å². The van der Waals surface area contributed by atoms with Crippen molar-refractivity contribution >= 4 is 5.91 Å². The molecule has 5 nitrogen and oxygen atoms in total. The zero-order valence-electron chi connectivity index (χ0n) is 14.1. The molecule has 1 aliphatic heterocycles. The molecule has 1 aromatic carbocycles. The second kappa shape index (κ2) is 7.33. The van der Waals surface area contributed by atoms with Crippen molar-refractivity contribution in [3.05, 3.63) is 53.7 Å². The fourth-order valence-corrected chi connectivity index (χ4v) is 2.70. The van der Waals surface area contributed by atoms with Crippen molar-refractivity contribution in [2.75, 3.05) is 19.6 Å². The third kappa shape index (κ3) is 4.13. The molecule has 1 saturated heterocycles. The third-order valence-electron chi connectivity index (χ3n) is 4.15. The molecule has 1 amide bonds. The van der Waals surface area contributed by atoms with Gasteiger partial charge in [0.2, 0.25) is 5.88 Å². The molecule has 1 N–H and O–H groups in total. The number of alkyl halides is 3. The topological polar surface area (TPSA) is 54.5 Å². The zero-order chi connectivity index (χ0) is 18.7. The van der Waals surface area contributed by atoms with E-state index in [9.17, 15) is 18.0 Å². The van der Waals surface area contributed by atoms with Gasteiger partial charge in [-0.1, -0.05) is 0 Å². The van der Waals surface area contributed by atoms with Crippen LogP contribution in [0.2, 0.25) is 0 Å². The highest BCUT2D eigenvalue weighted by Crippen LogP contribution is 2.30. The van der Waals surface area contributed by atoms with E-state index in [4.69, 9.17) is 4.74 Å². The predicted octanol–water partition coefficient (Wildman–Crippen LogP) is 3.33. The number of benzene rings is 1. The summed E-state index contributed by atoms with van der Waals surface area (Å²) in [6, 6.07) is 8.64. The third-order valence-corrected chi connectivity index (χ3v) is 4.15. The van der Waals surface area contributed by atoms with E-state index in [-0.39, 0.29) is 17.8 Å². The molecule has 138 valence electrons. The number of hydrogen-bond acceptors (Lipinski definition) is 4. The number of pyridine rings is 1. The summed E-state index contributed by atoms with van der Waals surface area (Å²) in [4.78, 5) is 18.0. The fraction of sp³-hybridized carbons (Fsp3) is 0.333. The molecule has 2 aromatic rings. The van der Waals surface area contributed by atoms with Crippen molar-refractivity contribution in [3.63, 3.8) is 0 Å². The largest absolute Gasteiger partial charge is 0.439 e. The van der Waals surface area contributed by atoms with E-state index < -0.39 is 11.7 Å². The molecule has 26 heavy (non-hydrogen) atoms. The van der Waals surface area contributed by atoms with Gasteiger partial charge in [-0.05, 0) is 37.3 Å². The number of carbonyl (C=O) groups excluding carboxylic acids is 1. The van der Waals surface area contributed by atoms with Crippen molar-refractivity contribution in [3.8, 4) is 11.6 Å². The number of hydrogen-bond donors (Lipinski definition) is 1. The number of amides is 1. The predicted molar refractivity (Wildman–Crippen MR) is 89.1 cm³/mol. The first-order chi connectivity index (χ1) is 12.3. The van der Waals surface area contributed by atoms with E-state index >= 15 is 0 Å². The Morgan fingerprint density at radius 1 is 1.23 bits per heavy atom. The van der Waals surface area contributed by atoms with Gasteiger partial charge in [-0.2, -0.15) is 13.2 Å². The average Bonchev–Trinajstić information content (AvgIpc) is 2.62. The number of aromatic nitrogens is 1. The number of ether oxygens (including phenoxy) is 1. The lowest BCUT2D eigenvalue weighted by molar-refractivity contribution is -0.137. The number of carbonyl (C=O) groups is 1. The molecular weight excluding hydrogens is 347 g/mol. The van der Waals surface area contributed by atoms with Gasteiger partial charge in [-0.25, -0.2) is 4.98 Å². The molecule has 8 heteroatoms. The SMILES string of the molecule is C[C@H]1CNCCN1C(=O)c1ccc(Oc2ccc(C(F)(F)F)cn2)cc1. The van der Waals surface area contributed by atoms with Crippen LogP contribution in [0, 0.1) is 0 Å². The van der Waals surface area contributed by atoms with Crippen molar-refractivity contribution in [1.29, 1.82) is 0 Å². The lowest BCUT2D eigenvalue weighted by Crippen LogP contribution is -2.52. The Balaban J connectivity index is 1.67. The van der Waals surface area contributed by atoms with Gasteiger partial charge in [0.25, 0.3) is 5.91 Å². The van der Waals surface area contributed by atoms with Crippen molar-refractivity contribution < 1.29 is 22.7 Å². The maximum Gasteiger partial charge on any atom is 0.417 e. The summed E-state index contributed by atoms with van der Waals surface area (Å²) in [6.45, 7) is 4.15. The normalized spacial score (nSPS) is 17.8. The van der Waals surface area contributed by atoms with Crippen LogP contribution in [0.5, 0.6) is 11.6 Å². The minimum atomic E-state index is -4.44. The molecule has 1 aliphatic rings. The van der Waals surface area contributed by atoms with E-state index in [2.05, 4.69) is 10.3 Å². The van der Waals surface area contributed by atoms with Crippen molar-refractivity contribution in [2.45, 2.75) is 19.1 Å². The van der Waals surface area contributed by atoms with Crippen LogP contribution in [0.1, 0.15) is 22.8 Å². The van der Waals surface area contributed by atoms with Gasteiger partial charge in [-0.15, -0.1) is 0 Å². The Hall–Kier alpha value is -2.61. The minimum Gasteiger partial charge on any atom is -0.439 e. The summed E-state index contributed by atoms with van der Waals surface area (Å²) in [6.07, 6.45) is -3.71. The summed E-state index contributed by atoms with van der Waals surface area (Å²) in [5.74, 6) is 0.383. The summed E-state index contributed by atoms with van der Waals surface area (Å²) in [5, 5.41) is 3.23. The second-order valence-corrected chi connectivity index (χ2v) is 6.06. The molecule has 0 aliphatic carbocycles. The summed E-state index contributed by atoms with van der Waals surface area (Å²) in [5.41, 5.74) is -0.303. The molecule has 1 atom stereocenters. The number of nitrogens with one attached hydrogen (secondary N) is 1. The average molecular weight is 365 g/mol. The summed E-state index contributed by atoms with van der Waals surface area (Å²) < 4.78 is 43.0. The Labute approximate surface area is 148 Å². The number of piperazine rings is 1. The Morgan fingerprint density at radius 2 is 1.96 bits per heavy atom. The molecular formula is C18H18F3N3O2. The van der Waals surface area contributed by atoms with Gasteiger partial charge in [0.1, 0.15) is 5.75 Å². The van der Waals surface area contributed by atoms with Crippen LogP contribution < -0.4 is 10.1 Å². The maximum atomic E-state index is 12.5. The van der Waals surface area contributed by atoms with E-state index in [1.807, 2.05) is 11.8 Å². The van der Waals surface area contributed by atoms with Crippen LogP contribution in [0.3, 0.4) is 0 Å². The Bertz CT molecular complexity index is 761. The van der Waals surface area contributed by atoms with Gasteiger partial charge >= 0.3 is 6.18 Å². The summed E-state index contributed by atoms with van der Waals surface area (Å²) >= 11 is 0. The van der Waals surface area contributed by atoms with E-state index in [1.165, 1.54) is 0 Å². The highest BCUT2D eigenvalue weighted by Gasteiger charge is 2.30. The van der Waals surface area contributed by atoms with Crippen LogP contribution in [-0.2, 0) is 6.18 Å². The monoisotopic (exact) mass is 365 g/mol. The van der Waals surface area contributed by atoms with E-state index in [1.54, 1.807) is 24.3 Å². The highest BCUT2D eigenvalue weighted by atomic mass is 19.4. The second-order valence-electron chi connectivity index (χ2n) is 6.06. The molecule has 0 saturated carbocycles. The Kier molecular flexibility index (Phi) is 5.13. The molecule has 1 fully saturated rings. The lowest BCUT2D eigenvalue weighted by Gasteiger charge is -2.34. The molecule has 2 heterocycles. The van der Waals surface area contributed by atoms with E-state index in [0.29, 0.717) is 17.9 Å². The minimum absolute atomic E-state index is 0.0489. The van der Waals surface area contributed by atoms with Crippen LogP contribution >= 0.6 is 0 Å². The smallest absolute Gasteiger partial charge is 0.417 e. The van der Waals surface area contributed by atoms with Crippen LogP contribution in [0.15, 0.2) is 42.6 Å². The standard InChI is InChI=1S/C18H18F3N3O2/c1-12-10-22-8-9-24(12)17(25)13-2-5-15(6-3-13)26-16-7-4-14(11-23-16)18(19,20)21/h2-7,11-12,22H,8-10H2,1H3/t12-/m0/s1.